The fourth-order valence-corrected chi connectivity index (χ4v) is 2.97. The number of halogens is 3. The molecule has 0 spiro atoms. The maximum absolute atomic E-state index is 14.3. The standard InChI is InChI=1S/C14H19ClF2N2O2/c1-9-6-10(15)7-11(12(9)21)13(14(16,17)8-20)19-4-2-18-3-5-19/h6-7,13,18,20-21H,2-5,8H2,1H3/t13-/m1/s1. The third-order valence-electron chi connectivity index (χ3n) is 3.72. The van der Waals surface area contributed by atoms with E-state index in [2.05, 4.69) is 5.32 Å². The van der Waals surface area contributed by atoms with Gasteiger partial charge in [0.2, 0.25) is 0 Å². The minimum absolute atomic E-state index is 0.0564. The number of aliphatic hydroxyl groups excluding tert-OH is 1. The monoisotopic (exact) mass is 320 g/mol. The highest BCUT2D eigenvalue weighted by Gasteiger charge is 2.45. The van der Waals surface area contributed by atoms with E-state index in [1.54, 1.807) is 11.8 Å². The maximum atomic E-state index is 14.3. The van der Waals surface area contributed by atoms with E-state index in [1.165, 1.54) is 12.1 Å². The second-order valence-electron chi connectivity index (χ2n) is 5.27. The van der Waals surface area contributed by atoms with Crippen LogP contribution in [0.2, 0.25) is 5.02 Å². The molecule has 0 radical (unpaired) electrons. The molecule has 0 amide bonds. The van der Waals surface area contributed by atoms with E-state index in [0.29, 0.717) is 31.7 Å². The van der Waals surface area contributed by atoms with Gasteiger partial charge in [0.05, 0.1) is 0 Å². The molecule has 118 valence electrons. The Bertz CT molecular complexity index is 508. The van der Waals surface area contributed by atoms with E-state index >= 15 is 0 Å². The van der Waals surface area contributed by atoms with Gasteiger partial charge in [-0.2, -0.15) is 0 Å². The van der Waals surface area contributed by atoms with Gasteiger partial charge in [0.15, 0.2) is 0 Å². The Morgan fingerprint density at radius 2 is 2.00 bits per heavy atom. The third-order valence-corrected chi connectivity index (χ3v) is 3.94. The number of aliphatic hydroxyl groups is 1. The lowest BCUT2D eigenvalue weighted by Crippen LogP contribution is -2.51. The maximum Gasteiger partial charge on any atom is 0.290 e. The predicted octanol–water partition coefficient (Wildman–Crippen LogP) is 1.93. The van der Waals surface area contributed by atoms with Gasteiger partial charge in [-0.15, -0.1) is 0 Å². The van der Waals surface area contributed by atoms with Crippen LogP contribution in [0.25, 0.3) is 0 Å². The Hall–Kier alpha value is -0.950. The summed E-state index contributed by atoms with van der Waals surface area (Å²) >= 11 is 5.95. The molecule has 1 aliphatic rings. The number of piperazine rings is 1. The molecule has 4 nitrogen and oxygen atoms in total. The SMILES string of the molecule is Cc1cc(Cl)cc([C@@H](N2CCNCC2)C(F)(F)CO)c1O. The van der Waals surface area contributed by atoms with Crippen molar-refractivity contribution in [2.45, 2.75) is 18.9 Å². The lowest BCUT2D eigenvalue weighted by Gasteiger charge is -2.39. The zero-order chi connectivity index (χ0) is 15.6. The number of rotatable bonds is 4. The van der Waals surface area contributed by atoms with Gasteiger partial charge >= 0.3 is 0 Å². The minimum Gasteiger partial charge on any atom is -0.507 e. The fraction of sp³-hybridized carbons (Fsp3) is 0.571. The molecule has 0 aliphatic carbocycles. The number of benzene rings is 1. The highest BCUT2D eigenvalue weighted by atomic mass is 35.5. The average molecular weight is 321 g/mol. The van der Waals surface area contributed by atoms with Crippen LogP contribution in [-0.2, 0) is 0 Å². The average Bonchev–Trinajstić information content (AvgIpc) is 2.45. The zero-order valence-electron chi connectivity index (χ0n) is 11.7. The summed E-state index contributed by atoms with van der Waals surface area (Å²) in [5.74, 6) is -3.57. The van der Waals surface area contributed by atoms with Crippen LogP contribution in [0.3, 0.4) is 0 Å². The van der Waals surface area contributed by atoms with E-state index in [4.69, 9.17) is 16.7 Å². The number of nitrogens with zero attached hydrogens (tertiary/aromatic N) is 1. The van der Waals surface area contributed by atoms with Gasteiger partial charge in [-0.05, 0) is 24.6 Å². The van der Waals surface area contributed by atoms with Crippen LogP contribution in [-0.4, -0.2) is 53.8 Å². The van der Waals surface area contributed by atoms with E-state index in [9.17, 15) is 13.9 Å². The first-order valence-electron chi connectivity index (χ1n) is 6.79. The van der Waals surface area contributed by atoms with Crippen molar-refractivity contribution in [2.75, 3.05) is 32.8 Å². The summed E-state index contributed by atoms with van der Waals surface area (Å²) in [5, 5.41) is 22.6. The molecule has 1 heterocycles. The molecule has 0 saturated carbocycles. The van der Waals surface area contributed by atoms with Crippen molar-refractivity contribution < 1.29 is 19.0 Å². The number of aryl methyl sites for hydroxylation is 1. The van der Waals surface area contributed by atoms with E-state index in [0.717, 1.165) is 0 Å². The van der Waals surface area contributed by atoms with Crippen LogP contribution in [0.1, 0.15) is 17.2 Å². The molecule has 2 rings (SSSR count). The molecular weight excluding hydrogens is 302 g/mol. The van der Waals surface area contributed by atoms with Gasteiger partial charge in [0, 0.05) is 36.8 Å². The number of nitrogens with one attached hydrogen (secondary N) is 1. The van der Waals surface area contributed by atoms with Gasteiger partial charge in [0.1, 0.15) is 18.4 Å². The van der Waals surface area contributed by atoms with Crippen molar-refractivity contribution in [1.82, 2.24) is 10.2 Å². The van der Waals surface area contributed by atoms with Crippen LogP contribution in [0.15, 0.2) is 12.1 Å². The Kier molecular flexibility index (Phi) is 5.03. The Morgan fingerprint density at radius 1 is 1.38 bits per heavy atom. The van der Waals surface area contributed by atoms with E-state index in [1.807, 2.05) is 0 Å². The summed E-state index contributed by atoms with van der Waals surface area (Å²) < 4.78 is 28.5. The van der Waals surface area contributed by atoms with Crippen molar-refractivity contribution in [3.8, 4) is 5.75 Å². The van der Waals surface area contributed by atoms with Crippen molar-refractivity contribution in [1.29, 1.82) is 0 Å². The molecule has 21 heavy (non-hydrogen) atoms. The first-order chi connectivity index (χ1) is 9.86. The lowest BCUT2D eigenvalue weighted by atomic mass is 9.95. The van der Waals surface area contributed by atoms with Crippen molar-refractivity contribution >= 4 is 11.6 Å². The molecule has 0 aromatic heterocycles. The molecule has 0 bridgehead atoms. The summed E-state index contributed by atoms with van der Waals surface area (Å²) in [7, 11) is 0. The molecule has 0 unspecified atom stereocenters. The Morgan fingerprint density at radius 3 is 2.57 bits per heavy atom. The quantitative estimate of drug-likeness (QED) is 0.793. The normalized spacial score (nSPS) is 18.7. The molecule has 3 N–H and O–H groups in total. The van der Waals surface area contributed by atoms with Crippen LogP contribution in [0.4, 0.5) is 8.78 Å². The summed E-state index contributed by atoms with van der Waals surface area (Å²) in [6, 6.07) is 1.47. The topological polar surface area (TPSA) is 55.7 Å². The third kappa shape index (κ3) is 3.45. The number of alkyl halides is 2. The molecule has 1 aliphatic heterocycles. The number of aromatic hydroxyl groups is 1. The van der Waals surface area contributed by atoms with Gasteiger partial charge in [-0.1, -0.05) is 11.6 Å². The fourth-order valence-electron chi connectivity index (χ4n) is 2.69. The van der Waals surface area contributed by atoms with E-state index < -0.39 is 18.6 Å². The van der Waals surface area contributed by atoms with Crippen LogP contribution in [0.5, 0.6) is 5.75 Å². The van der Waals surface area contributed by atoms with Gasteiger partial charge < -0.3 is 15.5 Å². The lowest BCUT2D eigenvalue weighted by molar-refractivity contribution is -0.119. The Balaban J connectivity index is 2.49. The molecule has 1 aromatic carbocycles. The van der Waals surface area contributed by atoms with Crippen molar-refractivity contribution in [3.05, 3.63) is 28.3 Å². The van der Waals surface area contributed by atoms with E-state index in [-0.39, 0.29) is 16.3 Å². The molecule has 1 atom stereocenters. The molecule has 7 heteroatoms. The van der Waals surface area contributed by atoms with Crippen molar-refractivity contribution in [3.63, 3.8) is 0 Å². The minimum atomic E-state index is -3.37. The second kappa shape index (κ2) is 6.44. The molecule has 1 saturated heterocycles. The predicted molar refractivity (Wildman–Crippen MR) is 77.1 cm³/mol. The summed E-state index contributed by atoms with van der Waals surface area (Å²) in [4.78, 5) is 1.57. The summed E-state index contributed by atoms with van der Waals surface area (Å²) in [5.41, 5.74) is 0.493. The first kappa shape index (κ1) is 16.4. The molecule has 1 aromatic rings. The second-order valence-corrected chi connectivity index (χ2v) is 5.70. The van der Waals surface area contributed by atoms with Crippen LogP contribution in [0, 0.1) is 6.92 Å². The van der Waals surface area contributed by atoms with Gasteiger partial charge in [-0.25, -0.2) is 8.78 Å². The summed E-state index contributed by atoms with van der Waals surface area (Å²) in [6.07, 6.45) is 0. The highest BCUT2D eigenvalue weighted by molar-refractivity contribution is 6.30. The van der Waals surface area contributed by atoms with Crippen LogP contribution >= 0.6 is 11.6 Å². The first-order valence-corrected chi connectivity index (χ1v) is 7.17. The van der Waals surface area contributed by atoms with Crippen LogP contribution < -0.4 is 5.32 Å². The number of phenolic OH excluding ortho intramolecular Hbond substituents is 1. The smallest absolute Gasteiger partial charge is 0.290 e. The van der Waals surface area contributed by atoms with Gasteiger partial charge in [0.25, 0.3) is 5.92 Å². The molecular formula is C14H19ClF2N2O2. The number of hydrogen-bond donors (Lipinski definition) is 3. The van der Waals surface area contributed by atoms with Crippen molar-refractivity contribution in [2.24, 2.45) is 0 Å². The molecule has 1 fully saturated rings. The zero-order valence-corrected chi connectivity index (χ0v) is 12.5. The van der Waals surface area contributed by atoms with Gasteiger partial charge in [-0.3, -0.25) is 4.90 Å². The Labute approximate surface area is 127 Å². The number of hydrogen-bond acceptors (Lipinski definition) is 4. The largest absolute Gasteiger partial charge is 0.507 e. The summed E-state index contributed by atoms with van der Waals surface area (Å²) in [6.45, 7) is 2.30. The number of phenols is 1. The highest BCUT2D eigenvalue weighted by Crippen LogP contribution is 2.42.